The highest BCUT2D eigenvalue weighted by atomic mass is 16.6. The van der Waals surface area contributed by atoms with Crippen LogP contribution in [0, 0.1) is 23.2 Å². The van der Waals surface area contributed by atoms with Crippen molar-refractivity contribution in [3.63, 3.8) is 0 Å². The zero-order valence-corrected chi connectivity index (χ0v) is 19.9. The third-order valence-corrected chi connectivity index (χ3v) is 8.17. The second-order valence-corrected chi connectivity index (χ2v) is 10.5. The van der Waals surface area contributed by atoms with Crippen LogP contribution in [0.5, 0.6) is 0 Å². The van der Waals surface area contributed by atoms with E-state index in [0.29, 0.717) is 17.3 Å². The average Bonchev–Trinajstić information content (AvgIpc) is 3.01. The number of nitrogens with zero attached hydrogens (tertiary/aromatic N) is 1. The van der Waals surface area contributed by atoms with Crippen LogP contribution >= 0.6 is 0 Å². The van der Waals surface area contributed by atoms with Crippen LogP contribution in [0.2, 0.25) is 0 Å². The molecule has 0 spiro atoms. The van der Waals surface area contributed by atoms with Gasteiger partial charge in [-0.15, -0.1) is 0 Å². The molecule has 172 valence electrons. The molecule has 5 atom stereocenters. The van der Waals surface area contributed by atoms with Crippen molar-refractivity contribution in [1.82, 2.24) is 10.2 Å². The fourth-order valence-corrected chi connectivity index (χ4v) is 6.27. The quantitative estimate of drug-likeness (QED) is 0.269. The van der Waals surface area contributed by atoms with Gasteiger partial charge in [-0.25, -0.2) is 0 Å². The third-order valence-electron chi connectivity index (χ3n) is 8.17. The second-order valence-electron chi connectivity index (χ2n) is 10.5. The predicted molar refractivity (Wildman–Crippen MR) is 124 cm³/mol. The summed E-state index contributed by atoms with van der Waals surface area (Å²) in [5.41, 5.74) is 1.71. The first-order chi connectivity index (χ1) is 14.5. The van der Waals surface area contributed by atoms with E-state index >= 15 is 0 Å². The van der Waals surface area contributed by atoms with E-state index in [9.17, 15) is 4.79 Å². The van der Waals surface area contributed by atoms with E-state index in [1.165, 1.54) is 63.6 Å². The summed E-state index contributed by atoms with van der Waals surface area (Å²) in [5, 5.41) is 3.60. The van der Waals surface area contributed by atoms with E-state index in [1.807, 2.05) is 0 Å². The Morgan fingerprint density at radius 2 is 1.87 bits per heavy atom. The Hall–Kier alpha value is -0.870. The van der Waals surface area contributed by atoms with Gasteiger partial charge in [0.2, 0.25) is 0 Å². The molecule has 1 saturated heterocycles. The summed E-state index contributed by atoms with van der Waals surface area (Å²) < 4.78 is 5.89. The standard InChI is InChI=1S/C26H46N2O2/c1-5-7-14-28(15-8-6-2)16-10-13-27-19-22-21-17-23-20(3)11-9-12-26(23,4)18-24(21)30-25(22)29/h21-24,27H,3,5-19H2,1-2,4H3/t21-,22+,23-,24-,26+/m0/s1. The fourth-order valence-electron chi connectivity index (χ4n) is 6.27. The lowest BCUT2D eigenvalue weighted by Gasteiger charge is -2.50. The van der Waals surface area contributed by atoms with E-state index in [2.05, 4.69) is 37.6 Å². The van der Waals surface area contributed by atoms with Gasteiger partial charge in [0.1, 0.15) is 6.10 Å². The maximum absolute atomic E-state index is 12.6. The van der Waals surface area contributed by atoms with Crippen molar-refractivity contribution >= 4 is 5.97 Å². The van der Waals surface area contributed by atoms with Crippen LogP contribution in [0.4, 0.5) is 0 Å². The molecule has 30 heavy (non-hydrogen) atoms. The van der Waals surface area contributed by atoms with Gasteiger partial charge in [0.15, 0.2) is 0 Å². The van der Waals surface area contributed by atoms with Crippen molar-refractivity contribution in [3.05, 3.63) is 12.2 Å². The first-order valence-corrected chi connectivity index (χ1v) is 12.8. The molecule has 2 aliphatic carbocycles. The Kier molecular flexibility index (Phi) is 8.82. The number of carbonyl (C=O) groups is 1. The molecule has 1 aliphatic heterocycles. The number of fused-ring (bicyclic) bond motifs is 2. The molecule has 3 fully saturated rings. The summed E-state index contributed by atoms with van der Waals surface area (Å²) in [6.07, 6.45) is 12.2. The molecule has 0 aromatic heterocycles. The van der Waals surface area contributed by atoms with Crippen LogP contribution in [0.3, 0.4) is 0 Å². The summed E-state index contributed by atoms with van der Waals surface area (Å²) in [4.78, 5) is 15.3. The summed E-state index contributed by atoms with van der Waals surface area (Å²) >= 11 is 0. The van der Waals surface area contributed by atoms with Crippen LogP contribution in [-0.4, -0.2) is 49.7 Å². The Morgan fingerprint density at radius 1 is 1.17 bits per heavy atom. The number of unbranched alkanes of at least 4 members (excludes halogenated alkanes) is 2. The van der Waals surface area contributed by atoms with Crippen molar-refractivity contribution in [3.8, 4) is 0 Å². The summed E-state index contributed by atoms with van der Waals surface area (Å²) in [7, 11) is 0. The van der Waals surface area contributed by atoms with Gasteiger partial charge < -0.3 is 15.0 Å². The molecule has 1 N–H and O–H groups in total. The average molecular weight is 419 g/mol. The maximum atomic E-state index is 12.6. The van der Waals surface area contributed by atoms with Gasteiger partial charge in [-0.1, -0.05) is 45.8 Å². The van der Waals surface area contributed by atoms with Gasteiger partial charge in [0, 0.05) is 12.5 Å². The lowest BCUT2D eigenvalue weighted by molar-refractivity contribution is -0.146. The highest BCUT2D eigenvalue weighted by Gasteiger charge is 2.54. The molecule has 1 heterocycles. The number of ether oxygens (including phenoxy) is 1. The number of hydrogen-bond acceptors (Lipinski definition) is 4. The number of hydrogen-bond donors (Lipinski definition) is 1. The minimum absolute atomic E-state index is 0.0329. The van der Waals surface area contributed by atoms with Crippen LogP contribution in [-0.2, 0) is 9.53 Å². The zero-order chi connectivity index (χ0) is 21.6. The molecule has 4 nitrogen and oxygen atoms in total. The SMILES string of the molecule is C=C1CCC[C@]2(C)C[C@@H]3OC(=O)[C@H](CNCCCN(CCCC)CCCC)[C@@H]3C[C@@H]12. The Morgan fingerprint density at radius 3 is 2.57 bits per heavy atom. The monoisotopic (exact) mass is 418 g/mol. The normalized spacial score (nSPS) is 33.5. The minimum atomic E-state index is 0.0329. The van der Waals surface area contributed by atoms with Crippen LogP contribution in [0.15, 0.2) is 12.2 Å². The van der Waals surface area contributed by atoms with Crippen molar-refractivity contribution in [2.75, 3.05) is 32.7 Å². The van der Waals surface area contributed by atoms with Gasteiger partial charge in [-0.2, -0.15) is 0 Å². The molecule has 2 saturated carbocycles. The van der Waals surface area contributed by atoms with Crippen molar-refractivity contribution in [2.24, 2.45) is 23.2 Å². The zero-order valence-electron chi connectivity index (χ0n) is 19.9. The highest BCUT2D eigenvalue weighted by Crippen LogP contribution is 2.56. The molecule has 3 aliphatic rings. The van der Waals surface area contributed by atoms with Crippen LogP contribution in [0.25, 0.3) is 0 Å². The lowest BCUT2D eigenvalue weighted by atomic mass is 9.55. The maximum Gasteiger partial charge on any atom is 0.310 e. The number of carbonyl (C=O) groups excluding carboxylic acids is 1. The first kappa shape index (κ1) is 23.8. The molecule has 0 radical (unpaired) electrons. The fraction of sp³-hybridized carbons (Fsp3) is 0.885. The molecule has 4 heteroatoms. The van der Waals surface area contributed by atoms with Gasteiger partial charge in [-0.3, -0.25) is 4.79 Å². The molecular formula is C26H46N2O2. The summed E-state index contributed by atoms with van der Waals surface area (Å²) in [6.45, 7) is 16.7. The summed E-state index contributed by atoms with van der Waals surface area (Å²) in [6, 6.07) is 0. The molecule has 0 unspecified atom stereocenters. The number of allylic oxidation sites excluding steroid dienone is 1. The molecule has 0 aromatic rings. The van der Waals surface area contributed by atoms with Crippen LogP contribution < -0.4 is 5.32 Å². The van der Waals surface area contributed by atoms with E-state index in [-0.39, 0.29) is 18.0 Å². The number of nitrogens with one attached hydrogen (secondary N) is 1. The smallest absolute Gasteiger partial charge is 0.310 e. The van der Waals surface area contributed by atoms with E-state index in [4.69, 9.17) is 4.74 Å². The van der Waals surface area contributed by atoms with E-state index < -0.39 is 0 Å². The third kappa shape index (κ3) is 5.68. The van der Waals surface area contributed by atoms with E-state index in [0.717, 1.165) is 38.9 Å². The second kappa shape index (κ2) is 11.1. The Labute approximate surface area is 185 Å². The lowest BCUT2D eigenvalue weighted by Crippen LogP contribution is -2.45. The van der Waals surface area contributed by atoms with Gasteiger partial charge in [0.25, 0.3) is 0 Å². The highest BCUT2D eigenvalue weighted by molar-refractivity contribution is 5.75. The molecule has 0 aromatic carbocycles. The Bertz CT molecular complexity index is 569. The van der Waals surface area contributed by atoms with Gasteiger partial charge in [-0.05, 0) is 88.9 Å². The Balaban J connectivity index is 1.44. The first-order valence-electron chi connectivity index (χ1n) is 12.8. The molecule has 0 bridgehead atoms. The van der Waals surface area contributed by atoms with Crippen molar-refractivity contribution in [1.29, 1.82) is 0 Å². The van der Waals surface area contributed by atoms with Gasteiger partial charge >= 0.3 is 5.97 Å². The van der Waals surface area contributed by atoms with Crippen molar-refractivity contribution < 1.29 is 9.53 Å². The number of rotatable bonds is 12. The van der Waals surface area contributed by atoms with Crippen LogP contribution in [0.1, 0.15) is 85.0 Å². The van der Waals surface area contributed by atoms with Crippen molar-refractivity contribution in [2.45, 2.75) is 91.1 Å². The topological polar surface area (TPSA) is 41.6 Å². The molecule has 0 amide bonds. The summed E-state index contributed by atoms with van der Waals surface area (Å²) in [5.74, 6) is 1.03. The van der Waals surface area contributed by atoms with E-state index in [1.54, 1.807) is 0 Å². The minimum Gasteiger partial charge on any atom is -0.462 e. The molecule has 3 rings (SSSR count). The number of esters is 1. The predicted octanol–water partition coefficient (Wildman–Crippen LogP) is 5.18. The van der Waals surface area contributed by atoms with Gasteiger partial charge in [0.05, 0.1) is 5.92 Å². The largest absolute Gasteiger partial charge is 0.462 e. The molecular weight excluding hydrogens is 372 g/mol.